The molecule has 1 N–H and O–H groups in total. The third-order valence-corrected chi connectivity index (χ3v) is 8.33. The Kier molecular flexibility index (Phi) is 31.6. The van der Waals surface area contributed by atoms with Crippen molar-refractivity contribution in [2.75, 3.05) is 0 Å². The van der Waals surface area contributed by atoms with Gasteiger partial charge < -0.3 is 9.84 Å². The van der Waals surface area contributed by atoms with E-state index in [1.165, 1.54) is 135 Å². The maximum Gasteiger partial charge on any atom is 0.306 e. The second kappa shape index (κ2) is 32.5. The summed E-state index contributed by atoms with van der Waals surface area (Å²) in [4.78, 5) is 23.2. The highest BCUT2D eigenvalue weighted by Crippen LogP contribution is 2.19. The second-order valence-electron chi connectivity index (χ2n) is 12.4. The molecule has 0 radical (unpaired) electrons. The highest BCUT2D eigenvalue weighted by Gasteiger charge is 2.14. The predicted octanol–water partition coefficient (Wildman–Crippen LogP) is 12.1. The van der Waals surface area contributed by atoms with Crippen LogP contribution >= 0.6 is 0 Å². The van der Waals surface area contributed by atoms with Crippen molar-refractivity contribution in [3.05, 3.63) is 0 Å². The molecule has 0 bridgehead atoms. The monoisotopic (exact) mass is 567 g/mol. The lowest BCUT2D eigenvalue weighted by Gasteiger charge is -2.18. The highest BCUT2D eigenvalue weighted by molar-refractivity contribution is 5.69. The lowest BCUT2D eigenvalue weighted by atomic mass is 10.0. The van der Waals surface area contributed by atoms with Crippen molar-refractivity contribution in [2.24, 2.45) is 0 Å². The largest absolute Gasteiger partial charge is 0.481 e. The van der Waals surface area contributed by atoms with Crippen LogP contribution in [0.4, 0.5) is 0 Å². The minimum Gasteiger partial charge on any atom is -0.481 e. The summed E-state index contributed by atoms with van der Waals surface area (Å²) in [6.45, 7) is 4.54. The van der Waals surface area contributed by atoms with Crippen molar-refractivity contribution in [3.63, 3.8) is 0 Å². The number of carboxylic acid groups (broad SMARTS) is 1. The number of ether oxygens (including phenoxy) is 1. The average Bonchev–Trinajstić information content (AvgIpc) is 2.93. The fourth-order valence-corrected chi connectivity index (χ4v) is 5.66. The Morgan fingerprint density at radius 1 is 0.450 bits per heavy atom. The van der Waals surface area contributed by atoms with Gasteiger partial charge in [-0.05, 0) is 38.5 Å². The molecular weight excluding hydrogens is 496 g/mol. The molecule has 0 aliphatic carbocycles. The van der Waals surface area contributed by atoms with Crippen LogP contribution in [-0.4, -0.2) is 23.1 Å². The minimum atomic E-state index is -0.676. The van der Waals surface area contributed by atoms with Gasteiger partial charge in [0.25, 0.3) is 0 Å². The Morgan fingerprint density at radius 2 is 0.750 bits per heavy atom. The standard InChI is InChI=1S/C36H70O4/c1-3-5-7-9-11-12-13-17-21-25-29-33-36(39)40-34(30-26-22-18-10-8-6-4-2)31-27-23-19-15-14-16-20-24-28-32-35(37)38/h34H,3-33H2,1-2H3,(H,37,38). The molecule has 0 aliphatic rings. The molecule has 0 saturated carbocycles. The molecular formula is C36H70O4. The Bertz CT molecular complexity index is 533. The van der Waals surface area contributed by atoms with Crippen molar-refractivity contribution in [1.82, 2.24) is 0 Å². The van der Waals surface area contributed by atoms with Gasteiger partial charge in [-0.15, -0.1) is 0 Å². The first kappa shape index (κ1) is 38.9. The molecule has 0 heterocycles. The van der Waals surface area contributed by atoms with E-state index >= 15 is 0 Å². The molecule has 238 valence electrons. The number of rotatable bonds is 33. The molecule has 0 aromatic heterocycles. The summed E-state index contributed by atoms with van der Waals surface area (Å²) in [6, 6.07) is 0. The highest BCUT2D eigenvalue weighted by atomic mass is 16.5. The van der Waals surface area contributed by atoms with E-state index in [2.05, 4.69) is 13.8 Å². The zero-order valence-electron chi connectivity index (χ0n) is 27.2. The number of carbonyl (C=O) groups is 2. The van der Waals surface area contributed by atoms with E-state index in [-0.39, 0.29) is 12.1 Å². The fourth-order valence-electron chi connectivity index (χ4n) is 5.66. The average molecular weight is 567 g/mol. The zero-order chi connectivity index (χ0) is 29.4. The molecule has 0 aromatic rings. The number of hydrogen-bond acceptors (Lipinski definition) is 3. The first-order chi connectivity index (χ1) is 19.6. The van der Waals surface area contributed by atoms with E-state index in [1.807, 2.05) is 0 Å². The van der Waals surface area contributed by atoms with Gasteiger partial charge in [0.15, 0.2) is 0 Å². The summed E-state index contributed by atoms with van der Waals surface area (Å²) in [6.07, 6.45) is 36.9. The Labute approximate surface area is 250 Å². The third kappa shape index (κ3) is 31.5. The van der Waals surface area contributed by atoms with Crippen molar-refractivity contribution < 1.29 is 19.4 Å². The second-order valence-corrected chi connectivity index (χ2v) is 12.4. The van der Waals surface area contributed by atoms with E-state index in [0.29, 0.717) is 12.8 Å². The predicted molar refractivity (Wildman–Crippen MR) is 172 cm³/mol. The molecule has 4 nitrogen and oxygen atoms in total. The number of carbonyl (C=O) groups excluding carboxylic acids is 1. The van der Waals surface area contributed by atoms with Crippen LogP contribution in [0.5, 0.6) is 0 Å². The molecule has 1 atom stereocenters. The molecule has 0 rings (SSSR count). The number of esters is 1. The lowest BCUT2D eigenvalue weighted by Crippen LogP contribution is -2.18. The normalized spacial score (nSPS) is 12.1. The van der Waals surface area contributed by atoms with E-state index in [0.717, 1.165) is 51.4 Å². The molecule has 1 unspecified atom stereocenters. The van der Waals surface area contributed by atoms with Gasteiger partial charge in [-0.25, -0.2) is 0 Å². The smallest absolute Gasteiger partial charge is 0.306 e. The summed E-state index contributed by atoms with van der Waals surface area (Å²) < 4.78 is 6.01. The maximum absolute atomic E-state index is 12.6. The van der Waals surface area contributed by atoms with Crippen LogP contribution < -0.4 is 0 Å². The molecule has 0 aliphatic heterocycles. The van der Waals surface area contributed by atoms with Crippen LogP contribution in [0.15, 0.2) is 0 Å². The first-order valence-corrected chi connectivity index (χ1v) is 18.0. The zero-order valence-corrected chi connectivity index (χ0v) is 27.2. The van der Waals surface area contributed by atoms with E-state index in [9.17, 15) is 9.59 Å². The minimum absolute atomic E-state index is 0.0340. The molecule has 0 saturated heterocycles. The summed E-state index contributed by atoms with van der Waals surface area (Å²) in [5.41, 5.74) is 0. The van der Waals surface area contributed by atoms with E-state index < -0.39 is 5.97 Å². The van der Waals surface area contributed by atoms with Gasteiger partial charge in [0.1, 0.15) is 6.10 Å². The van der Waals surface area contributed by atoms with Gasteiger partial charge in [0.2, 0.25) is 0 Å². The lowest BCUT2D eigenvalue weighted by molar-refractivity contribution is -0.150. The van der Waals surface area contributed by atoms with Crippen molar-refractivity contribution in [2.45, 2.75) is 219 Å². The molecule has 0 fully saturated rings. The van der Waals surface area contributed by atoms with Gasteiger partial charge in [-0.3, -0.25) is 9.59 Å². The molecule has 0 spiro atoms. The van der Waals surface area contributed by atoms with Crippen LogP contribution in [0.2, 0.25) is 0 Å². The molecule has 0 aromatic carbocycles. The van der Waals surface area contributed by atoms with Crippen LogP contribution in [0.25, 0.3) is 0 Å². The van der Waals surface area contributed by atoms with Gasteiger partial charge >= 0.3 is 11.9 Å². The number of carboxylic acids is 1. The Balaban J connectivity index is 3.99. The number of aliphatic carboxylic acids is 1. The van der Waals surface area contributed by atoms with Crippen LogP contribution in [0.3, 0.4) is 0 Å². The van der Waals surface area contributed by atoms with Gasteiger partial charge in [0, 0.05) is 12.8 Å². The van der Waals surface area contributed by atoms with Crippen LogP contribution in [0, 0.1) is 0 Å². The van der Waals surface area contributed by atoms with Crippen molar-refractivity contribution in [3.8, 4) is 0 Å². The summed E-state index contributed by atoms with van der Waals surface area (Å²) in [5.74, 6) is -0.642. The SMILES string of the molecule is CCCCCCCCCCCCCC(=O)OC(CCCCCCCCC)CCCCCCCCCCCC(=O)O. The molecule has 4 heteroatoms. The third-order valence-electron chi connectivity index (χ3n) is 8.33. The van der Waals surface area contributed by atoms with Gasteiger partial charge in [-0.1, -0.05) is 162 Å². The first-order valence-electron chi connectivity index (χ1n) is 18.0. The quantitative estimate of drug-likeness (QED) is 0.0633. The fraction of sp³-hybridized carbons (Fsp3) is 0.944. The summed E-state index contributed by atoms with van der Waals surface area (Å²) >= 11 is 0. The number of unbranched alkanes of at least 4 members (excludes halogenated alkanes) is 24. The Morgan fingerprint density at radius 3 is 1.10 bits per heavy atom. The Hall–Kier alpha value is -1.06. The molecule has 0 amide bonds. The van der Waals surface area contributed by atoms with Gasteiger partial charge in [0.05, 0.1) is 0 Å². The van der Waals surface area contributed by atoms with E-state index in [1.54, 1.807) is 0 Å². The van der Waals surface area contributed by atoms with Crippen LogP contribution in [0.1, 0.15) is 213 Å². The van der Waals surface area contributed by atoms with Crippen LogP contribution in [-0.2, 0) is 14.3 Å². The number of hydrogen-bond donors (Lipinski definition) is 1. The van der Waals surface area contributed by atoms with Crippen molar-refractivity contribution in [1.29, 1.82) is 0 Å². The van der Waals surface area contributed by atoms with Crippen molar-refractivity contribution >= 4 is 11.9 Å². The molecule has 40 heavy (non-hydrogen) atoms. The summed E-state index contributed by atoms with van der Waals surface area (Å²) in [5, 5.41) is 8.70. The van der Waals surface area contributed by atoms with Gasteiger partial charge in [-0.2, -0.15) is 0 Å². The maximum atomic E-state index is 12.6. The van der Waals surface area contributed by atoms with E-state index in [4.69, 9.17) is 9.84 Å². The topological polar surface area (TPSA) is 63.6 Å². The summed E-state index contributed by atoms with van der Waals surface area (Å²) in [7, 11) is 0.